The Hall–Kier alpha value is -3.35. The summed E-state index contributed by atoms with van der Waals surface area (Å²) in [5.41, 5.74) is 5.34. The quantitative estimate of drug-likeness (QED) is 0.814. The number of rotatable bonds is 3. The Morgan fingerprint density at radius 3 is 2.67 bits per heavy atom. The van der Waals surface area contributed by atoms with Crippen LogP contribution in [0, 0.1) is 0 Å². The van der Waals surface area contributed by atoms with E-state index in [0.29, 0.717) is 43.2 Å². The predicted molar refractivity (Wildman–Crippen MR) is 96.9 cm³/mol. The van der Waals surface area contributed by atoms with Crippen LogP contribution in [0.25, 0.3) is 0 Å². The van der Waals surface area contributed by atoms with Crippen LogP contribution in [-0.4, -0.2) is 40.6 Å². The van der Waals surface area contributed by atoms with Gasteiger partial charge in [0, 0.05) is 37.0 Å². The van der Waals surface area contributed by atoms with Crippen LogP contribution in [0.15, 0.2) is 42.5 Å². The van der Waals surface area contributed by atoms with Crippen molar-refractivity contribution < 1.29 is 28.9 Å². The summed E-state index contributed by atoms with van der Waals surface area (Å²) >= 11 is 0. The van der Waals surface area contributed by atoms with Crippen molar-refractivity contribution in [2.75, 3.05) is 13.2 Å². The number of aromatic carboxylic acids is 1. The van der Waals surface area contributed by atoms with Crippen LogP contribution < -0.4 is 14.9 Å². The molecular formula is C20H19N2O5+. The summed E-state index contributed by atoms with van der Waals surface area (Å²) < 4.78 is 13.1. The summed E-state index contributed by atoms with van der Waals surface area (Å²) in [4.78, 5) is 23.3. The molecule has 0 spiro atoms. The molecule has 2 aliphatic heterocycles. The van der Waals surface area contributed by atoms with Gasteiger partial charge in [-0.25, -0.2) is 4.79 Å². The average Bonchev–Trinajstić information content (AvgIpc) is 2.93. The molecule has 2 aliphatic rings. The van der Waals surface area contributed by atoms with Crippen molar-refractivity contribution in [2.45, 2.75) is 19.3 Å². The molecule has 2 aromatic rings. The molecule has 0 unspecified atom stereocenters. The van der Waals surface area contributed by atoms with Crippen molar-refractivity contribution in [1.29, 1.82) is 0 Å². The minimum atomic E-state index is -1.02. The van der Waals surface area contributed by atoms with E-state index in [1.54, 1.807) is 16.8 Å². The minimum absolute atomic E-state index is 0.117. The van der Waals surface area contributed by atoms with Gasteiger partial charge in [-0.1, -0.05) is 10.8 Å². The molecule has 0 saturated carbocycles. The number of hydrazone groups is 1. The second-order valence-electron chi connectivity index (χ2n) is 6.38. The van der Waals surface area contributed by atoms with Gasteiger partial charge in [0.15, 0.2) is 11.5 Å². The summed E-state index contributed by atoms with van der Waals surface area (Å²) in [5.74, 6) is 0.246. The summed E-state index contributed by atoms with van der Waals surface area (Å²) in [6, 6.07) is 12.2. The lowest BCUT2D eigenvalue weighted by molar-refractivity contribution is -0.496. The number of benzene rings is 2. The highest BCUT2D eigenvalue weighted by Gasteiger charge is 2.30. The third-order valence-electron chi connectivity index (χ3n) is 4.53. The first-order valence-electron chi connectivity index (χ1n) is 8.80. The van der Waals surface area contributed by atoms with Crippen molar-refractivity contribution >= 4 is 23.3 Å². The highest BCUT2D eigenvalue weighted by molar-refractivity contribution is 6.01. The van der Waals surface area contributed by atoms with E-state index in [0.717, 1.165) is 17.7 Å². The average molecular weight is 367 g/mol. The van der Waals surface area contributed by atoms with Gasteiger partial charge in [0.25, 0.3) is 5.91 Å². The molecule has 0 aromatic heterocycles. The maximum absolute atomic E-state index is 12.0. The molecule has 0 aliphatic carbocycles. The van der Waals surface area contributed by atoms with Crippen LogP contribution in [0.4, 0.5) is 5.69 Å². The number of carboxylic acids is 1. The first kappa shape index (κ1) is 17.1. The van der Waals surface area contributed by atoms with Crippen LogP contribution in [0.3, 0.4) is 0 Å². The zero-order chi connectivity index (χ0) is 18.8. The van der Waals surface area contributed by atoms with Gasteiger partial charge in [-0.15, -0.1) is 5.43 Å². The largest absolute Gasteiger partial charge is 0.490 e. The lowest BCUT2D eigenvalue weighted by Gasteiger charge is -2.15. The van der Waals surface area contributed by atoms with Crippen molar-refractivity contribution in [3.63, 3.8) is 0 Å². The molecule has 7 heteroatoms. The number of carbonyl (C=O) groups excluding carboxylic acids is 1. The third-order valence-corrected chi connectivity index (χ3v) is 4.53. The number of hydrazine groups is 1. The number of fused-ring (bicyclic) bond motifs is 1. The van der Waals surface area contributed by atoms with Crippen molar-refractivity contribution in [2.24, 2.45) is 0 Å². The van der Waals surface area contributed by atoms with Gasteiger partial charge in [-0.2, -0.15) is 0 Å². The maximum atomic E-state index is 12.0. The SMILES string of the molecule is O=C1CCC(c2ccc3c(c2)OCCCO3)=[N+](c2cccc(C(=O)O)c2)N1. The van der Waals surface area contributed by atoms with E-state index in [1.807, 2.05) is 18.2 Å². The summed E-state index contributed by atoms with van der Waals surface area (Å²) in [5, 5.41) is 9.26. The number of hydrogen-bond donors (Lipinski definition) is 2. The Morgan fingerprint density at radius 1 is 1.04 bits per heavy atom. The number of carbonyl (C=O) groups is 2. The molecule has 138 valence electrons. The molecule has 27 heavy (non-hydrogen) atoms. The Balaban J connectivity index is 1.81. The van der Waals surface area contributed by atoms with E-state index in [-0.39, 0.29) is 11.5 Å². The third kappa shape index (κ3) is 3.48. The summed E-state index contributed by atoms with van der Waals surface area (Å²) in [7, 11) is 0. The van der Waals surface area contributed by atoms with Crippen LogP contribution in [0.5, 0.6) is 11.5 Å². The molecule has 4 rings (SSSR count). The number of ether oxygens (including phenoxy) is 2. The van der Waals surface area contributed by atoms with E-state index < -0.39 is 5.97 Å². The molecule has 0 radical (unpaired) electrons. The molecule has 0 bridgehead atoms. The van der Waals surface area contributed by atoms with Crippen molar-refractivity contribution in [3.05, 3.63) is 53.6 Å². The Labute approximate surface area is 155 Å². The number of amides is 1. The maximum Gasteiger partial charge on any atom is 0.335 e. The molecule has 7 nitrogen and oxygen atoms in total. The Bertz CT molecular complexity index is 951. The number of nitrogens with zero attached hydrogens (tertiary/aromatic N) is 1. The minimum Gasteiger partial charge on any atom is -0.490 e. The normalized spacial score (nSPS) is 16.5. The zero-order valence-electron chi connectivity index (χ0n) is 14.6. The van der Waals surface area contributed by atoms with E-state index >= 15 is 0 Å². The standard InChI is InChI=1S/C20H18N2O5/c23-19-8-6-16(13-5-7-17-18(12-13)27-10-2-9-26-17)22(21-19)15-4-1-3-14(11-15)20(24)25/h1,3-5,7,11-12H,2,6,8-10H2,(H-,21,23,24,25)/p+1. The van der Waals surface area contributed by atoms with Crippen LogP contribution in [0.1, 0.15) is 35.2 Å². The summed E-state index contributed by atoms with van der Waals surface area (Å²) in [6.45, 7) is 1.21. The van der Waals surface area contributed by atoms with E-state index in [2.05, 4.69) is 5.43 Å². The van der Waals surface area contributed by atoms with Gasteiger partial charge in [0.05, 0.1) is 18.8 Å². The van der Waals surface area contributed by atoms with Gasteiger partial charge in [0.1, 0.15) is 0 Å². The molecule has 1 amide bonds. The van der Waals surface area contributed by atoms with E-state index in [9.17, 15) is 14.7 Å². The van der Waals surface area contributed by atoms with E-state index in [1.165, 1.54) is 12.1 Å². The fourth-order valence-corrected chi connectivity index (χ4v) is 3.21. The van der Waals surface area contributed by atoms with E-state index in [4.69, 9.17) is 9.47 Å². The van der Waals surface area contributed by atoms with Gasteiger partial charge in [-0.3, -0.25) is 4.79 Å². The molecule has 0 fully saturated rings. The monoisotopic (exact) mass is 367 g/mol. The van der Waals surface area contributed by atoms with Crippen molar-refractivity contribution in [1.82, 2.24) is 5.43 Å². The zero-order valence-corrected chi connectivity index (χ0v) is 14.6. The molecule has 0 saturated heterocycles. The lowest BCUT2D eigenvalue weighted by Crippen LogP contribution is -2.40. The molecule has 2 heterocycles. The molecule has 2 aromatic carbocycles. The highest BCUT2D eigenvalue weighted by Crippen LogP contribution is 2.31. The van der Waals surface area contributed by atoms with Crippen LogP contribution in [-0.2, 0) is 4.79 Å². The molecule has 0 atom stereocenters. The molecule has 2 N–H and O–H groups in total. The van der Waals surface area contributed by atoms with Crippen molar-refractivity contribution in [3.8, 4) is 11.5 Å². The first-order chi connectivity index (χ1) is 13.1. The second-order valence-corrected chi connectivity index (χ2v) is 6.38. The van der Waals surface area contributed by atoms with Crippen LogP contribution in [0.2, 0.25) is 0 Å². The van der Waals surface area contributed by atoms with Gasteiger partial charge in [-0.05, 0) is 24.3 Å². The number of carboxylic acid groups (broad SMARTS) is 1. The predicted octanol–water partition coefficient (Wildman–Crippen LogP) is 2.50. The number of nitrogens with one attached hydrogen (secondary N) is 1. The highest BCUT2D eigenvalue weighted by atomic mass is 16.5. The fraction of sp³-hybridized carbons (Fsp3) is 0.250. The van der Waals surface area contributed by atoms with Gasteiger partial charge in [0.2, 0.25) is 11.4 Å². The number of hydrogen-bond acceptors (Lipinski definition) is 4. The molecular weight excluding hydrogens is 348 g/mol. The Kier molecular flexibility index (Phi) is 4.50. The first-order valence-corrected chi connectivity index (χ1v) is 8.80. The second kappa shape index (κ2) is 7.11. The lowest BCUT2D eigenvalue weighted by atomic mass is 10.0. The smallest absolute Gasteiger partial charge is 0.335 e. The topological polar surface area (TPSA) is 87.9 Å². The van der Waals surface area contributed by atoms with Gasteiger partial charge < -0.3 is 14.6 Å². The van der Waals surface area contributed by atoms with Crippen LogP contribution >= 0.6 is 0 Å². The summed E-state index contributed by atoms with van der Waals surface area (Å²) in [6.07, 6.45) is 1.71. The van der Waals surface area contributed by atoms with Gasteiger partial charge >= 0.3 is 5.97 Å². The fourth-order valence-electron chi connectivity index (χ4n) is 3.21. The Morgan fingerprint density at radius 2 is 1.85 bits per heavy atom.